The minimum Gasteiger partial charge on any atom is -0.483 e. The molecule has 0 atom stereocenters. The quantitative estimate of drug-likeness (QED) is 0.736. The first-order valence-corrected chi connectivity index (χ1v) is 6.09. The smallest absolute Gasteiger partial charge is 0.283 e. The van der Waals surface area contributed by atoms with Crippen LogP contribution in [0.1, 0.15) is 11.7 Å². The molecule has 2 heterocycles. The van der Waals surface area contributed by atoms with Crippen LogP contribution in [-0.4, -0.2) is 10.2 Å². The number of benzene rings is 1. The first kappa shape index (κ1) is 13.3. The van der Waals surface area contributed by atoms with E-state index in [0.29, 0.717) is 17.4 Å². The third-order valence-corrected chi connectivity index (χ3v) is 2.66. The molecule has 3 rings (SSSR count). The lowest BCUT2D eigenvalue weighted by Crippen LogP contribution is -1.96. The van der Waals surface area contributed by atoms with E-state index in [1.54, 1.807) is 19.1 Å². The molecule has 1 aromatic carbocycles. The minimum atomic E-state index is -0.769. The fourth-order valence-corrected chi connectivity index (χ4v) is 1.71. The van der Waals surface area contributed by atoms with Crippen molar-refractivity contribution in [2.24, 2.45) is 0 Å². The van der Waals surface area contributed by atoms with Crippen molar-refractivity contribution >= 4 is 0 Å². The average Bonchev–Trinajstić information content (AvgIpc) is 3.06. The lowest BCUT2D eigenvalue weighted by Gasteiger charge is -2.05. The minimum absolute atomic E-state index is 0.00429. The maximum absolute atomic E-state index is 13.4. The Balaban J connectivity index is 1.70. The lowest BCUT2D eigenvalue weighted by atomic mass is 10.3. The maximum atomic E-state index is 13.4. The van der Waals surface area contributed by atoms with E-state index in [0.717, 1.165) is 12.1 Å². The Bertz CT molecular complexity index is 767. The molecule has 21 heavy (non-hydrogen) atoms. The van der Waals surface area contributed by atoms with Crippen molar-refractivity contribution in [3.05, 3.63) is 53.6 Å². The van der Waals surface area contributed by atoms with Gasteiger partial charge in [-0.05, 0) is 24.3 Å². The summed E-state index contributed by atoms with van der Waals surface area (Å²) in [6.07, 6.45) is 0. The summed E-state index contributed by atoms with van der Waals surface area (Å²) in [5, 5.41) is 7.51. The van der Waals surface area contributed by atoms with Gasteiger partial charge in [-0.3, -0.25) is 0 Å². The molecular weight excluding hydrogens is 282 g/mol. The van der Waals surface area contributed by atoms with E-state index in [2.05, 4.69) is 10.2 Å². The molecule has 0 saturated heterocycles. The van der Waals surface area contributed by atoms with Crippen LogP contribution >= 0.6 is 0 Å². The van der Waals surface area contributed by atoms with Crippen molar-refractivity contribution < 1.29 is 22.4 Å². The van der Waals surface area contributed by atoms with Gasteiger partial charge in [-0.15, -0.1) is 10.2 Å². The molecule has 5 nitrogen and oxygen atoms in total. The molecule has 0 amide bonds. The van der Waals surface area contributed by atoms with Crippen molar-refractivity contribution in [2.75, 3.05) is 0 Å². The third kappa shape index (κ3) is 2.91. The van der Waals surface area contributed by atoms with Gasteiger partial charge in [0.25, 0.3) is 5.89 Å². The second-order valence-electron chi connectivity index (χ2n) is 4.26. The Labute approximate surface area is 118 Å². The zero-order chi connectivity index (χ0) is 14.8. The van der Waals surface area contributed by atoms with Gasteiger partial charge in [0.05, 0.1) is 0 Å². The zero-order valence-corrected chi connectivity index (χ0v) is 11.0. The van der Waals surface area contributed by atoms with Crippen LogP contribution in [0, 0.1) is 18.6 Å². The number of aryl methyl sites for hydroxylation is 1. The van der Waals surface area contributed by atoms with Gasteiger partial charge in [0.2, 0.25) is 5.89 Å². The van der Waals surface area contributed by atoms with Crippen LogP contribution in [0.5, 0.6) is 5.75 Å². The standard InChI is InChI=1S/C14H10F2N2O3/c1-8-17-18-14(20-8)13-5-3-10(21-13)7-19-12-4-2-9(15)6-11(12)16/h2-6H,7H2,1H3. The summed E-state index contributed by atoms with van der Waals surface area (Å²) in [6, 6.07) is 6.39. The van der Waals surface area contributed by atoms with E-state index in [4.69, 9.17) is 13.6 Å². The highest BCUT2D eigenvalue weighted by molar-refractivity contribution is 5.43. The highest BCUT2D eigenvalue weighted by Crippen LogP contribution is 2.23. The predicted octanol–water partition coefficient (Wildman–Crippen LogP) is 3.50. The molecule has 0 aliphatic heterocycles. The summed E-state index contributed by atoms with van der Waals surface area (Å²) in [7, 11) is 0. The number of halogens is 2. The van der Waals surface area contributed by atoms with Crippen molar-refractivity contribution in [3.63, 3.8) is 0 Å². The van der Waals surface area contributed by atoms with E-state index in [1.165, 1.54) is 6.07 Å². The van der Waals surface area contributed by atoms with Crippen LogP contribution in [0.3, 0.4) is 0 Å². The molecule has 7 heteroatoms. The van der Waals surface area contributed by atoms with Gasteiger partial charge in [-0.1, -0.05) is 0 Å². The summed E-state index contributed by atoms with van der Waals surface area (Å²) < 4.78 is 42.1. The molecule has 0 unspecified atom stereocenters. The molecule has 0 saturated carbocycles. The highest BCUT2D eigenvalue weighted by Gasteiger charge is 2.12. The first-order valence-electron chi connectivity index (χ1n) is 6.09. The third-order valence-electron chi connectivity index (χ3n) is 2.66. The molecule has 0 N–H and O–H groups in total. The highest BCUT2D eigenvalue weighted by atomic mass is 19.1. The molecule has 0 aliphatic carbocycles. The van der Waals surface area contributed by atoms with Gasteiger partial charge in [-0.25, -0.2) is 8.78 Å². The number of nitrogens with zero attached hydrogens (tertiary/aromatic N) is 2. The second-order valence-corrected chi connectivity index (χ2v) is 4.26. The number of rotatable bonds is 4. The fraction of sp³-hybridized carbons (Fsp3) is 0.143. The molecule has 2 aromatic heterocycles. The maximum Gasteiger partial charge on any atom is 0.283 e. The molecule has 0 radical (unpaired) electrons. The van der Waals surface area contributed by atoms with Gasteiger partial charge in [0.15, 0.2) is 17.3 Å². The molecule has 3 aromatic rings. The number of hydrogen-bond donors (Lipinski definition) is 0. The summed E-state index contributed by atoms with van der Waals surface area (Å²) in [5.41, 5.74) is 0. The topological polar surface area (TPSA) is 61.3 Å². The molecule has 0 spiro atoms. The van der Waals surface area contributed by atoms with Crippen LogP contribution < -0.4 is 4.74 Å². The van der Waals surface area contributed by atoms with Crippen molar-refractivity contribution in [2.45, 2.75) is 13.5 Å². The Morgan fingerprint density at radius 1 is 1.10 bits per heavy atom. The normalized spacial score (nSPS) is 10.8. The number of ether oxygens (including phenoxy) is 1. The number of aromatic nitrogens is 2. The first-order chi connectivity index (χ1) is 10.1. The summed E-state index contributed by atoms with van der Waals surface area (Å²) >= 11 is 0. The van der Waals surface area contributed by atoms with Crippen LogP contribution in [0.15, 0.2) is 39.2 Å². The number of hydrogen-bond acceptors (Lipinski definition) is 5. The van der Waals surface area contributed by atoms with Gasteiger partial charge < -0.3 is 13.6 Å². The van der Waals surface area contributed by atoms with Crippen LogP contribution in [0.2, 0.25) is 0 Å². The molecular formula is C14H10F2N2O3. The lowest BCUT2D eigenvalue weighted by molar-refractivity contribution is 0.258. The summed E-state index contributed by atoms with van der Waals surface area (Å²) in [4.78, 5) is 0. The Kier molecular flexibility index (Phi) is 3.39. The second kappa shape index (κ2) is 5.35. The predicted molar refractivity (Wildman–Crippen MR) is 67.4 cm³/mol. The van der Waals surface area contributed by atoms with Crippen molar-refractivity contribution in [1.29, 1.82) is 0 Å². The summed E-state index contributed by atoms with van der Waals surface area (Å²) in [6.45, 7) is 1.66. The largest absolute Gasteiger partial charge is 0.483 e. The van der Waals surface area contributed by atoms with Gasteiger partial charge >= 0.3 is 0 Å². The molecule has 0 bridgehead atoms. The van der Waals surface area contributed by atoms with Crippen molar-refractivity contribution in [3.8, 4) is 17.4 Å². The van der Waals surface area contributed by atoms with E-state index < -0.39 is 11.6 Å². The Morgan fingerprint density at radius 2 is 1.95 bits per heavy atom. The van der Waals surface area contributed by atoms with Crippen LogP contribution in [0.25, 0.3) is 11.7 Å². The van der Waals surface area contributed by atoms with Gasteiger partial charge in [-0.2, -0.15) is 0 Å². The summed E-state index contributed by atoms with van der Waals surface area (Å²) in [5.74, 6) is 0.0434. The van der Waals surface area contributed by atoms with Gasteiger partial charge in [0, 0.05) is 13.0 Å². The van der Waals surface area contributed by atoms with Crippen LogP contribution in [0.4, 0.5) is 8.78 Å². The Hall–Kier alpha value is -2.70. The monoisotopic (exact) mass is 292 g/mol. The van der Waals surface area contributed by atoms with E-state index in [1.807, 2.05) is 0 Å². The van der Waals surface area contributed by atoms with Gasteiger partial charge in [0.1, 0.15) is 18.2 Å². The molecule has 0 fully saturated rings. The van der Waals surface area contributed by atoms with E-state index >= 15 is 0 Å². The van der Waals surface area contributed by atoms with E-state index in [9.17, 15) is 8.78 Å². The van der Waals surface area contributed by atoms with Crippen LogP contribution in [-0.2, 0) is 6.61 Å². The zero-order valence-electron chi connectivity index (χ0n) is 11.0. The molecule has 108 valence electrons. The Morgan fingerprint density at radius 3 is 2.67 bits per heavy atom. The van der Waals surface area contributed by atoms with E-state index in [-0.39, 0.29) is 18.2 Å². The number of furan rings is 1. The average molecular weight is 292 g/mol. The SMILES string of the molecule is Cc1nnc(-c2ccc(COc3ccc(F)cc3F)o2)o1. The van der Waals surface area contributed by atoms with Crippen molar-refractivity contribution in [1.82, 2.24) is 10.2 Å². The molecule has 0 aliphatic rings. The fourth-order valence-electron chi connectivity index (χ4n) is 1.71.